The molecule has 0 heterocycles. The van der Waals surface area contributed by atoms with E-state index in [0.29, 0.717) is 6.42 Å². The molecule has 0 fully saturated rings. The highest BCUT2D eigenvalue weighted by Crippen LogP contribution is 2.17. The van der Waals surface area contributed by atoms with Crippen LogP contribution in [0.1, 0.15) is 24.8 Å². The molecule has 20 heavy (non-hydrogen) atoms. The van der Waals surface area contributed by atoms with E-state index in [9.17, 15) is 4.79 Å². The fourth-order valence-electron chi connectivity index (χ4n) is 2.26. The Morgan fingerprint density at radius 2 is 1.85 bits per heavy atom. The molecule has 0 radical (unpaired) electrons. The van der Waals surface area contributed by atoms with Gasteiger partial charge in [-0.25, -0.2) is 5.06 Å². The second-order valence-corrected chi connectivity index (χ2v) is 4.96. The minimum atomic E-state index is 0.0333. The number of benzene rings is 2. The van der Waals surface area contributed by atoms with Gasteiger partial charge in [0.2, 0.25) is 5.91 Å². The van der Waals surface area contributed by atoms with Gasteiger partial charge in [-0.1, -0.05) is 42.5 Å². The highest BCUT2D eigenvalue weighted by atomic mass is 16.7. The van der Waals surface area contributed by atoms with Crippen molar-refractivity contribution in [1.29, 1.82) is 0 Å². The lowest BCUT2D eigenvalue weighted by Crippen LogP contribution is -2.24. The first-order valence-corrected chi connectivity index (χ1v) is 6.99. The van der Waals surface area contributed by atoms with Gasteiger partial charge in [0, 0.05) is 13.5 Å². The molecule has 0 saturated heterocycles. The molecule has 0 aliphatic heterocycles. The van der Waals surface area contributed by atoms with E-state index in [4.69, 9.17) is 4.84 Å². The average molecular weight is 271 g/mol. The van der Waals surface area contributed by atoms with Gasteiger partial charge in [0.25, 0.3) is 0 Å². The summed E-state index contributed by atoms with van der Waals surface area (Å²) in [4.78, 5) is 16.4. The van der Waals surface area contributed by atoms with Gasteiger partial charge < -0.3 is 0 Å². The van der Waals surface area contributed by atoms with Crippen molar-refractivity contribution in [3.63, 3.8) is 0 Å². The minimum absolute atomic E-state index is 0.0333. The standard InChI is InChI=1S/C17H21NO2/c1-18(20-2)17(19)10-6-3-7-14-11-12-15-8-4-5-9-16(15)13-14/h4-5,8-9,11-13H,3,6-7,10H2,1-2H3. The fraction of sp³-hybridized carbons (Fsp3) is 0.353. The molecule has 0 N–H and O–H groups in total. The van der Waals surface area contributed by atoms with Crippen molar-refractivity contribution in [2.75, 3.05) is 14.2 Å². The summed E-state index contributed by atoms with van der Waals surface area (Å²) in [6, 6.07) is 14.9. The Morgan fingerprint density at radius 1 is 1.10 bits per heavy atom. The van der Waals surface area contributed by atoms with E-state index in [1.54, 1.807) is 7.05 Å². The van der Waals surface area contributed by atoms with Crippen LogP contribution in [0.3, 0.4) is 0 Å². The molecule has 2 aromatic carbocycles. The van der Waals surface area contributed by atoms with Crippen molar-refractivity contribution in [2.24, 2.45) is 0 Å². The van der Waals surface area contributed by atoms with Crippen LogP contribution in [0.5, 0.6) is 0 Å². The zero-order chi connectivity index (χ0) is 14.4. The van der Waals surface area contributed by atoms with E-state index in [1.807, 2.05) is 0 Å². The van der Waals surface area contributed by atoms with E-state index in [1.165, 1.54) is 28.5 Å². The predicted octanol–water partition coefficient (Wildman–Crippen LogP) is 3.57. The Kier molecular flexibility index (Phi) is 5.13. The highest BCUT2D eigenvalue weighted by molar-refractivity contribution is 5.83. The summed E-state index contributed by atoms with van der Waals surface area (Å²) in [6.45, 7) is 0. The molecule has 106 valence electrons. The summed E-state index contributed by atoms with van der Waals surface area (Å²) in [5, 5.41) is 3.84. The van der Waals surface area contributed by atoms with E-state index in [-0.39, 0.29) is 5.91 Å². The lowest BCUT2D eigenvalue weighted by Gasteiger charge is -2.13. The van der Waals surface area contributed by atoms with Crippen molar-refractivity contribution in [1.82, 2.24) is 5.06 Å². The van der Waals surface area contributed by atoms with Gasteiger partial charge in [-0.3, -0.25) is 9.63 Å². The molecule has 0 atom stereocenters. The quantitative estimate of drug-likeness (QED) is 0.594. The maximum atomic E-state index is 11.6. The molecule has 3 heteroatoms. The monoisotopic (exact) mass is 271 g/mol. The molecule has 2 rings (SSSR count). The van der Waals surface area contributed by atoms with Gasteiger partial charge in [-0.2, -0.15) is 0 Å². The number of carbonyl (C=O) groups is 1. The van der Waals surface area contributed by atoms with Gasteiger partial charge in [-0.15, -0.1) is 0 Å². The third-order valence-electron chi connectivity index (χ3n) is 3.55. The third-order valence-corrected chi connectivity index (χ3v) is 3.55. The Balaban J connectivity index is 1.82. The second kappa shape index (κ2) is 7.06. The van der Waals surface area contributed by atoms with E-state index in [0.717, 1.165) is 19.3 Å². The van der Waals surface area contributed by atoms with Crippen LogP contribution in [0, 0.1) is 0 Å². The van der Waals surface area contributed by atoms with Gasteiger partial charge in [0.15, 0.2) is 0 Å². The maximum absolute atomic E-state index is 11.6. The first-order valence-electron chi connectivity index (χ1n) is 6.99. The average Bonchev–Trinajstić information content (AvgIpc) is 2.50. The van der Waals surface area contributed by atoms with Crippen LogP contribution in [0.2, 0.25) is 0 Å². The Hall–Kier alpha value is -1.87. The van der Waals surface area contributed by atoms with Crippen LogP contribution < -0.4 is 0 Å². The van der Waals surface area contributed by atoms with Crippen LogP contribution in [0.25, 0.3) is 10.8 Å². The molecule has 2 aromatic rings. The number of rotatable bonds is 6. The highest BCUT2D eigenvalue weighted by Gasteiger charge is 2.06. The first kappa shape index (κ1) is 14.5. The number of hydroxylamine groups is 2. The van der Waals surface area contributed by atoms with Gasteiger partial charge >= 0.3 is 0 Å². The number of fused-ring (bicyclic) bond motifs is 1. The van der Waals surface area contributed by atoms with Gasteiger partial charge in [0.05, 0.1) is 7.11 Å². The zero-order valence-corrected chi connectivity index (χ0v) is 12.1. The lowest BCUT2D eigenvalue weighted by molar-refractivity contribution is -0.168. The number of amides is 1. The normalized spacial score (nSPS) is 10.7. The number of hydrogen-bond acceptors (Lipinski definition) is 2. The molecule has 1 amide bonds. The molecule has 0 unspecified atom stereocenters. The summed E-state index contributed by atoms with van der Waals surface area (Å²) in [5.74, 6) is 0.0333. The molecular formula is C17H21NO2. The SMILES string of the molecule is CON(C)C(=O)CCCCc1ccc2ccccc2c1. The number of aryl methyl sites for hydroxylation is 1. The minimum Gasteiger partial charge on any atom is -0.275 e. The summed E-state index contributed by atoms with van der Waals surface area (Å²) >= 11 is 0. The van der Waals surface area contributed by atoms with Gasteiger partial charge in [0.1, 0.15) is 0 Å². The molecule has 0 bridgehead atoms. The number of carbonyl (C=O) groups excluding carboxylic acids is 1. The van der Waals surface area contributed by atoms with Crippen LogP contribution in [-0.2, 0) is 16.1 Å². The first-order chi connectivity index (χ1) is 9.70. The van der Waals surface area contributed by atoms with Crippen molar-refractivity contribution in [2.45, 2.75) is 25.7 Å². The molecule has 3 nitrogen and oxygen atoms in total. The van der Waals surface area contributed by atoms with Crippen molar-refractivity contribution >= 4 is 16.7 Å². The Morgan fingerprint density at radius 3 is 2.60 bits per heavy atom. The third kappa shape index (κ3) is 3.81. The topological polar surface area (TPSA) is 29.5 Å². The van der Waals surface area contributed by atoms with E-state index in [2.05, 4.69) is 42.5 Å². The smallest absolute Gasteiger partial charge is 0.245 e. The molecule has 0 aliphatic rings. The molecular weight excluding hydrogens is 250 g/mol. The van der Waals surface area contributed by atoms with Crippen molar-refractivity contribution in [3.05, 3.63) is 48.0 Å². The lowest BCUT2D eigenvalue weighted by atomic mass is 10.0. The molecule has 0 saturated carbocycles. The van der Waals surface area contributed by atoms with Gasteiger partial charge in [-0.05, 0) is 35.6 Å². The zero-order valence-electron chi connectivity index (χ0n) is 12.1. The van der Waals surface area contributed by atoms with Crippen LogP contribution >= 0.6 is 0 Å². The van der Waals surface area contributed by atoms with Crippen molar-refractivity contribution in [3.8, 4) is 0 Å². The number of nitrogens with zero attached hydrogens (tertiary/aromatic N) is 1. The summed E-state index contributed by atoms with van der Waals surface area (Å²) < 4.78 is 0. The van der Waals surface area contributed by atoms with E-state index >= 15 is 0 Å². The fourth-order valence-corrected chi connectivity index (χ4v) is 2.26. The molecule has 0 spiro atoms. The van der Waals surface area contributed by atoms with Crippen LogP contribution in [0.4, 0.5) is 0 Å². The van der Waals surface area contributed by atoms with Crippen molar-refractivity contribution < 1.29 is 9.63 Å². The molecule has 0 aromatic heterocycles. The number of hydrogen-bond donors (Lipinski definition) is 0. The predicted molar refractivity (Wildman–Crippen MR) is 81.3 cm³/mol. The second-order valence-electron chi connectivity index (χ2n) is 4.96. The molecule has 0 aliphatic carbocycles. The van der Waals surface area contributed by atoms with E-state index < -0.39 is 0 Å². The summed E-state index contributed by atoms with van der Waals surface area (Å²) in [7, 11) is 3.15. The Labute approximate surface area is 120 Å². The largest absolute Gasteiger partial charge is 0.275 e. The summed E-state index contributed by atoms with van der Waals surface area (Å²) in [6.07, 6.45) is 3.45. The van der Waals surface area contributed by atoms with Crippen LogP contribution in [-0.4, -0.2) is 25.1 Å². The number of unbranched alkanes of at least 4 members (excludes halogenated alkanes) is 1. The van der Waals surface area contributed by atoms with Crippen LogP contribution in [0.15, 0.2) is 42.5 Å². The maximum Gasteiger partial charge on any atom is 0.245 e. The summed E-state index contributed by atoms with van der Waals surface area (Å²) in [5.41, 5.74) is 1.33. The Bertz CT molecular complexity index is 580.